The SMILES string of the molecule is CN[C@@H]1CN(C=O)CC[C@@H]1C. The van der Waals surface area contributed by atoms with E-state index in [9.17, 15) is 4.79 Å². The maximum atomic E-state index is 10.4. The quantitative estimate of drug-likeness (QED) is 0.574. The van der Waals surface area contributed by atoms with E-state index < -0.39 is 0 Å². The van der Waals surface area contributed by atoms with Gasteiger partial charge in [0.2, 0.25) is 6.41 Å². The van der Waals surface area contributed by atoms with Crippen molar-refractivity contribution in [3.05, 3.63) is 0 Å². The van der Waals surface area contributed by atoms with Crippen molar-refractivity contribution in [2.45, 2.75) is 19.4 Å². The molecule has 3 nitrogen and oxygen atoms in total. The van der Waals surface area contributed by atoms with E-state index in [1.807, 2.05) is 11.9 Å². The second-order valence-electron chi connectivity index (χ2n) is 3.26. The molecule has 64 valence electrons. The number of carbonyl (C=O) groups excluding carboxylic acids is 1. The first-order valence-electron chi connectivity index (χ1n) is 4.14. The fourth-order valence-electron chi connectivity index (χ4n) is 1.57. The Morgan fingerprint density at radius 2 is 2.36 bits per heavy atom. The Morgan fingerprint density at radius 1 is 1.64 bits per heavy atom. The zero-order chi connectivity index (χ0) is 8.27. The number of likely N-dealkylation sites (N-methyl/N-ethyl adjacent to an activating group) is 1. The van der Waals surface area contributed by atoms with E-state index in [4.69, 9.17) is 0 Å². The van der Waals surface area contributed by atoms with Gasteiger partial charge in [0.25, 0.3) is 0 Å². The molecule has 0 saturated carbocycles. The summed E-state index contributed by atoms with van der Waals surface area (Å²) in [6.45, 7) is 4.01. The number of nitrogens with one attached hydrogen (secondary N) is 1. The number of hydrogen-bond acceptors (Lipinski definition) is 2. The number of hydrogen-bond donors (Lipinski definition) is 1. The Labute approximate surface area is 67.8 Å². The molecule has 0 aromatic heterocycles. The highest BCUT2D eigenvalue weighted by atomic mass is 16.1. The van der Waals surface area contributed by atoms with Gasteiger partial charge in [-0.2, -0.15) is 0 Å². The van der Waals surface area contributed by atoms with Crippen LogP contribution in [-0.4, -0.2) is 37.5 Å². The number of rotatable bonds is 2. The lowest BCUT2D eigenvalue weighted by Gasteiger charge is -2.34. The highest BCUT2D eigenvalue weighted by Crippen LogP contribution is 2.15. The van der Waals surface area contributed by atoms with Crippen LogP contribution >= 0.6 is 0 Å². The Morgan fingerprint density at radius 3 is 2.91 bits per heavy atom. The molecule has 0 aliphatic carbocycles. The van der Waals surface area contributed by atoms with Crippen molar-refractivity contribution in [2.75, 3.05) is 20.1 Å². The molecule has 11 heavy (non-hydrogen) atoms. The third kappa shape index (κ3) is 1.93. The lowest BCUT2D eigenvalue weighted by atomic mass is 9.94. The largest absolute Gasteiger partial charge is 0.344 e. The Hall–Kier alpha value is -0.570. The van der Waals surface area contributed by atoms with Gasteiger partial charge in [-0.3, -0.25) is 4.79 Å². The lowest BCUT2D eigenvalue weighted by Crippen LogP contribution is -2.48. The summed E-state index contributed by atoms with van der Waals surface area (Å²) in [5, 5.41) is 3.22. The fourth-order valence-corrected chi connectivity index (χ4v) is 1.57. The van der Waals surface area contributed by atoms with Crippen LogP contribution in [0.5, 0.6) is 0 Å². The molecule has 3 heteroatoms. The van der Waals surface area contributed by atoms with Crippen LogP contribution in [0.4, 0.5) is 0 Å². The van der Waals surface area contributed by atoms with Crippen LogP contribution in [0.25, 0.3) is 0 Å². The maximum Gasteiger partial charge on any atom is 0.209 e. The number of amides is 1. The van der Waals surface area contributed by atoms with Crippen molar-refractivity contribution >= 4 is 6.41 Å². The van der Waals surface area contributed by atoms with E-state index in [2.05, 4.69) is 12.2 Å². The highest BCUT2D eigenvalue weighted by molar-refractivity contribution is 5.47. The highest BCUT2D eigenvalue weighted by Gasteiger charge is 2.23. The minimum absolute atomic E-state index is 0.481. The molecule has 1 aliphatic rings. The molecule has 1 heterocycles. The van der Waals surface area contributed by atoms with E-state index in [0.29, 0.717) is 12.0 Å². The second kappa shape index (κ2) is 3.72. The van der Waals surface area contributed by atoms with Crippen LogP contribution in [0.2, 0.25) is 0 Å². The summed E-state index contributed by atoms with van der Waals surface area (Å²) in [5.74, 6) is 0.691. The van der Waals surface area contributed by atoms with Crippen molar-refractivity contribution < 1.29 is 4.79 Å². The van der Waals surface area contributed by atoms with Crippen LogP contribution < -0.4 is 5.32 Å². The van der Waals surface area contributed by atoms with Gasteiger partial charge < -0.3 is 10.2 Å². The summed E-state index contributed by atoms with van der Waals surface area (Å²) in [4.78, 5) is 12.3. The first kappa shape index (κ1) is 8.53. The number of likely N-dealkylation sites (tertiary alicyclic amines) is 1. The Bertz CT molecular complexity index is 138. The summed E-state index contributed by atoms with van der Waals surface area (Å²) in [7, 11) is 1.95. The number of nitrogens with zero attached hydrogens (tertiary/aromatic N) is 1. The monoisotopic (exact) mass is 156 g/mol. The van der Waals surface area contributed by atoms with Gasteiger partial charge in [-0.1, -0.05) is 6.92 Å². The zero-order valence-corrected chi connectivity index (χ0v) is 7.21. The van der Waals surface area contributed by atoms with Crippen molar-refractivity contribution in [1.82, 2.24) is 10.2 Å². The van der Waals surface area contributed by atoms with Gasteiger partial charge in [-0.05, 0) is 19.4 Å². The molecule has 0 radical (unpaired) electrons. The average Bonchev–Trinajstić information content (AvgIpc) is 2.05. The molecular weight excluding hydrogens is 140 g/mol. The first-order valence-corrected chi connectivity index (χ1v) is 4.14. The predicted molar refractivity (Wildman–Crippen MR) is 44.3 cm³/mol. The van der Waals surface area contributed by atoms with E-state index in [1.165, 1.54) is 0 Å². The summed E-state index contributed by atoms with van der Waals surface area (Å²) < 4.78 is 0. The van der Waals surface area contributed by atoms with Crippen molar-refractivity contribution in [3.63, 3.8) is 0 Å². The van der Waals surface area contributed by atoms with Crippen molar-refractivity contribution in [1.29, 1.82) is 0 Å². The van der Waals surface area contributed by atoms with Crippen LogP contribution in [-0.2, 0) is 4.79 Å². The van der Waals surface area contributed by atoms with E-state index in [-0.39, 0.29) is 0 Å². The molecule has 2 atom stereocenters. The van der Waals surface area contributed by atoms with Gasteiger partial charge in [0.05, 0.1) is 0 Å². The molecule has 0 unspecified atom stereocenters. The third-order valence-corrected chi connectivity index (χ3v) is 2.51. The Balaban J connectivity index is 2.43. The van der Waals surface area contributed by atoms with Crippen molar-refractivity contribution in [3.8, 4) is 0 Å². The fraction of sp³-hybridized carbons (Fsp3) is 0.875. The third-order valence-electron chi connectivity index (χ3n) is 2.51. The van der Waals surface area contributed by atoms with E-state index >= 15 is 0 Å². The van der Waals surface area contributed by atoms with Crippen LogP contribution in [0.1, 0.15) is 13.3 Å². The normalized spacial score (nSPS) is 32.0. The standard InChI is InChI=1S/C8H16N2O/c1-7-3-4-10(6-11)5-8(7)9-2/h6-9H,3-5H2,1-2H3/t7-,8+/m0/s1. The van der Waals surface area contributed by atoms with Gasteiger partial charge in [0.1, 0.15) is 0 Å². The topological polar surface area (TPSA) is 32.3 Å². The summed E-state index contributed by atoms with van der Waals surface area (Å²) in [6, 6.07) is 0.481. The summed E-state index contributed by atoms with van der Waals surface area (Å²) in [5.41, 5.74) is 0. The average molecular weight is 156 g/mol. The molecule has 1 fully saturated rings. The van der Waals surface area contributed by atoms with Gasteiger partial charge in [0.15, 0.2) is 0 Å². The molecule has 1 N–H and O–H groups in total. The summed E-state index contributed by atoms with van der Waals surface area (Å²) >= 11 is 0. The molecule has 0 bridgehead atoms. The first-order chi connectivity index (χ1) is 5.27. The van der Waals surface area contributed by atoms with E-state index in [1.54, 1.807) is 0 Å². The molecule has 0 aromatic rings. The van der Waals surface area contributed by atoms with Crippen LogP contribution in [0, 0.1) is 5.92 Å². The predicted octanol–water partition coefficient (Wildman–Crippen LogP) is 0.0726. The maximum absolute atomic E-state index is 10.4. The summed E-state index contributed by atoms with van der Waals surface area (Å²) in [6.07, 6.45) is 2.06. The van der Waals surface area contributed by atoms with Gasteiger partial charge in [0, 0.05) is 19.1 Å². The smallest absolute Gasteiger partial charge is 0.209 e. The number of piperidine rings is 1. The molecule has 0 aromatic carbocycles. The minimum Gasteiger partial charge on any atom is -0.344 e. The number of carbonyl (C=O) groups is 1. The Kier molecular flexibility index (Phi) is 2.88. The van der Waals surface area contributed by atoms with E-state index in [0.717, 1.165) is 25.9 Å². The molecule has 1 aliphatic heterocycles. The zero-order valence-electron chi connectivity index (χ0n) is 7.21. The lowest BCUT2D eigenvalue weighted by molar-refractivity contribution is -0.119. The van der Waals surface area contributed by atoms with Gasteiger partial charge in [-0.15, -0.1) is 0 Å². The molecule has 1 rings (SSSR count). The molecule has 1 saturated heterocycles. The molecule has 0 spiro atoms. The van der Waals surface area contributed by atoms with Gasteiger partial charge in [-0.25, -0.2) is 0 Å². The minimum atomic E-state index is 0.481. The second-order valence-corrected chi connectivity index (χ2v) is 3.26. The van der Waals surface area contributed by atoms with Crippen molar-refractivity contribution in [2.24, 2.45) is 5.92 Å². The van der Waals surface area contributed by atoms with Crippen LogP contribution in [0.15, 0.2) is 0 Å². The molecular formula is C8H16N2O. The van der Waals surface area contributed by atoms with Crippen LogP contribution in [0.3, 0.4) is 0 Å². The van der Waals surface area contributed by atoms with Gasteiger partial charge >= 0.3 is 0 Å². The molecule has 1 amide bonds.